The summed E-state index contributed by atoms with van der Waals surface area (Å²) >= 11 is 0. The van der Waals surface area contributed by atoms with Crippen LogP contribution in [0.15, 0.2) is 48.5 Å². The molecular weight excluding hydrogens is 400 g/mol. The monoisotopic (exact) mass is 434 g/mol. The van der Waals surface area contributed by atoms with E-state index in [1.807, 2.05) is 59.2 Å². The first-order valence-corrected chi connectivity index (χ1v) is 11.7. The fourth-order valence-electron chi connectivity index (χ4n) is 5.36. The molecule has 5 nitrogen and oxygen atoms in total. The number of ether oxygens (including phenoxy) is 1. The van der Waals surface area contributed by atoms with Gasteiger partial charge in [0.25, 0.3) is 5.91 Å². The lowest BCUT2D eigenvalue weighted by Crippen LogP contribution is -2.40. The molecule has 0 aliphatic carbocycles. The minimum Gasteiger partial charge on any atom is -0.493 e. The average molecular weight is 435 g/mol. The highest BCUT2D eigenvalue weighted by Crippen LogP contribution is 2.37. The number of carbonyl (C=O) groups is 2. The number of nitrogens with zero attached hydrogens (tertiary/aromatic N) is 2. The van der Waals surface area contributed by atoms with Crippen molar-refractivity contribution in [3.63, 3.8) is 0 Å². The molecule has 0 aromatic heterocycles. The molecule has 2 aliphatic heterocycles. The predicted molar refractivity (Wildman–Crippen MR) is 126 cm³/mol. The number of para-hydroxylation sites is 1. The molecule has 0 bridgehead atoms. The molecule has 2 unspecified atom stereocenters. The van der Waals surface area contributed by atoms with E-state index in [0.29, 0.717) is 24.4 Å². The van der Waals surface area contributed by atoms with Gasteiger partial charge in [0.15, 0.2) is 0 Å². The maximum absolute atomic E-state index is 13.4. The molecule has 2 fully saturated rings. The van der Waals surface area contributed by atoms with Crippen molar-refractivity contribution in [2.45, 2.75) is 33.6 Å². The second-order valence-corrected chi connectivity index (χ2v) is 9.42. The Hall–Kier alpha value is -2.82. The Balaban J connectivity index is 1.49. The minimum atomic E-state index is 0.121. The summed E-state index contributed by atoms with van der Waals surface area (Å²) in [6.45, 7) is 9.44. The third-order valence-corrected chi connectivity index (χ3v) is 7.19. The van der Waals surface area contributed by atoms with Crippen LogP contribution in [0.1, 0.15) is 41.3 Å². The van der Waals surface area contributed by atoms with Crippen LogP contribution in [0.4, 0.5) is 0 Å². The lowest BCUT2D eigenvalue weighted by Gasteiger charge is -2.36. The van der Waals surface area contributed by atoms with Crippen molar-refractivity contribution in [1.29, 1.82) is 0 Å². The Morgan fingerprint density at radius 1 is 0.969 bits per heavy atom. The zero-order valence-corrected chi connectivity index (χ0v) is 19.4. The van der Waals surface area contributed by atoms with Gasteiger partial charge in [0.1, 0.15) is 5.75 Å². The van der Waals surface area contributed by atoms with Crippen molar-refractivity contribution in [3.05, 3.63) is 65.2 Å². The highest BCUT2D eigenvalue weighted by molar-refractivity contribution is 5.96. The van der Waals surface area contributed by atoms with Gasteiger partial charge in [-0.2, -0.15) is 0 Å². The lowest BCUT2D eigenvalue weighted by atomic mass is 9.78. The molecule has 2 heterocycles. The first-order valence-electron chi connectivity index (χ1n) is 11.7. The van der Waals surface area contributed by atoms with Crippen molar-refractivity contribution in [1.82, 2.24) is 9.80 Å². The van der Waals surface area contributed by atoms with Crippen LogP contribution in [0.2, 0.25) is 0 Å². The van der Waals surface area contributed by atoms with Crippen LogP contribution in [-0.4, -0.2) is 54.4 Å². The van der Waals surface area contributed by atoms with Crippen LogP contribution in [0.25, 0.3) is 0 Å². The number of carbonyl (C=O) groups excluding carboxylic acids is 2. The zero-order chi connectivity index (χ0) is 22.7. The van der Waals surface area contributed by atoms with Crippen molar-refractivity contribution < 1.29 is 14.3 Å². The summed E-state index contributed by atoms with van der Waals surface area (Å²) in [6.07, 6.45) is 2.00. The molecule has 0 saturated carbocycles. The number of amides is 2. The van der Waals surface area contributed by atoms with Crippen molar-refractivity contribution in [3.8, 4) is 5.75 Å². The summed E-state index contributed by atoms with van der Waals surface area (Å²) in [4.78, 5) is 29.1. The largest absolute Gasteiger partial charge is 0.493 e. The molecule has 0 spiro atoms. The third-order valence-electron chi connectivity index (χ3n) is 7.19. The maximum atomic E-state index is 13.4. The number of benzene rings is 2. The fraction of sp³-hybridized carbons (Fsp3) is 0.481. The van der Waals surface area contributed by atoms with Crippen LogP contribution < -0.4 is 4.74 Å². The Morgan fingerprint density at radius 2 is 1.69 bits per heavy atom. The highest BCUT2D eigenvalue weighted by Gasteiger charge is 2.41. The summed E-state index contributed by atoms with van der Waals surface area (Å²) in [6, 6.07) is 16.0. The molecule has 5 heteroatoms. The van der Waals surface area contributed by atoms with Gasteiger partial charge in [-0.3, -0.25) is 9.59 Å². The normalized spacial score (nSPS) is 21.6. The molecule has 2 aromatic rings. The van der Waals surface area contributed by atoms with Gasteiger partial charge in [-0.1, -0.05) is 35.9 Å². The van der Waals surface area contributed by atoms with E-state index < -0.39 is 0 Å². The minimum absolute atomic E-state index is 0.121. The van der Waals surface area contributed by atoms with Gasteiger partial charge < -0.3 is 14.5 Å². The molecule has 4 rings (SSSR count). The molecule has 2 atom stereocenters. The molecular formula is C27H34N2O3. The Kier molecular flexibility index (Phi) is 6.83. The molecule has 2 aliphatic rings. The number of rotatable bonds is 5. The van der Waals surface area contributed by atoms with E-state index >= 15 is 0 Å². The van der Waals surface area contributed by atoms with Gasteiger partial charge in [0.05, 0.1) is 6.61 Å². The number of hydrogen-bond donors (Lipinski definition) is 0. The SMILES string of the molecule is CC(=O)N1CCC(C2CN(C(=O)c3ccc(C)cc3C)CC2COc2ccccc2)CC1. The molecule has 2 aromatic carbocycles. The van der Waals surface area contributed by atoms with Crippen LogP contribution >= 0.6 is 0 Å². The van der Waals surface area contributed by atoms with E-state index in [1.54, 1.807) is 6.92 Å². The molecule has 0 N–H and O–H groups in total. The topological polar surface area (TPSA) is 49.9 Å². The van der Waals surface area contributed by atoms with Gasteiger partial charge in [-0.25, -0.2) is 0 Å². The molecule has 0 radical (unpaired) electrons. The van der Waals surface area contributed by atoms with Crippen LogP contribution in [-0.2, 0) is 4.79 Å². The second-order valence-electron chi connectivity index (χ2n) is 9.42. The summed E-state index contributed by atoms with van der Waals surface area (Å²) in [7, 11) is 0. The predicted octanol–water partition coefficient (Wildman–Crippen LogP) is 4.33. The lowest BCUT2D eigenvalue weighted by molar-refractivity contribution is -0.130. The third kappa shape index (κ3) is 4.98. The van der Waals surface area contributed by atoms with E-state index in [2.05, 4.69) is 13.0 Å². The fourth-order valence-corrected chi connectivity index (χ4v) is 5.36. The van der Waals surface area contributed by atoms with E-state index in [4.69, 9.17) is 4.74 Å². The molecule has 170 valence electrons. The average Bonchev–Trinajstić information content (AvgIpc) is 3.22. The van der Waals surface area contributed by atoms with Crippen molar-refractivity contribution in [2.75, 3.05) is 32.8 Å². The summed E-state index contributed by atoms with van der Waals surface area (Å²) < 4.78 is 6.14. The van der Waals surface area contributed by atoms with Gasteiger partial charge in [-0.15, -0.1) is 0 Å². The smallest absolute Gasteiger partial charge is 0.254 e. The van der Waals surface area contributed by atoms with Gasteiger partial charge in [0, 0.05) is 44.6 Å². The molecule has 2 saturated heterocycles. The molecule has 32 heavy (non-hydrogen) atoms. The highest BCUT2D eigenvalue weighted by atomic mass is 16.5. The number of hydrogen-bond acceptors (Lipinski definition) is 3. The van der Waals surface area contributed by atoms with Crippen molar-refractivity contribution in [2.24, 2.45) is 17.8 Å². The quantitative estimate of drug-likeness (QED) is 0.704. The van der Waals surface area contributed by atoms with Gasteiger partial charge >= 0.3 is 0 Å². The standard InChI is InChI=1S/C27H34N2O3/c1-19-9-10-25(20(2)15-19)27(31)29-16-23(18-32-24-7-5-4-6-8-24)26(17-29)22-11-13-28(14-12-22)21(3)30/h4-10,15,22-23,26H,11-14,16-18H2,1-3H3. The van der Waals surface area contributed by atoms with E-state index in [-0.39, 0.29) is 11.8 Å². The van der Waals surface area contributed by atoms with Crippen LogP contribution in [0.3, 0.4) is 0 Å². The van der Waals surface area contributed by atoms with Gasteiger partial charge in [0.2, 0.25) is 5.91 Å². The number of likely N-dealkylation sites (tertiary alicyclic amines) is 2. The first kappa shape index (κ1) is 22.4. The second kappa shape index (κ2) is 9.76. The zero-order valence-electron chi connectivity index (χ0n) is 19.4. The van der Waals surface area contributed by atoms with Crippen LogP contribution in [0.5, 0.6) is 5.75 Å². The summed E-state index contributed by atoms with van der Waals surface area (Å²) in [5.74, 6) is 2.34. The Morgan fingerprint density at radius 3 is 2.34 bits per heavy atom. The van der Waals surface area contributed by atoms with E-state index in [1.165, 1.54) is 5.56 Å². The Labute approximate surface area is 191 Å². The van der Waals surface area contributed by atoms with Crippen LogP contribution in [0, 0.1) is 31.6 Å². The number of piperidine rings is 1. The van der Waals surface area contributed by atoms with Crippen molar-refractivity contribution >= 4 is 11.8 Å². The maximum Gasteiger partial charge on any atom is 0.254 e. The van der Waals surface area contributed by atoms with E-state index in [9.17, 15) is 9.59 Å². The van der Waals surface area contributed by atoms with E-state index in [0.717, 1.165) is 55.9 Å². The Bertz CT molecular complexity index is 951. The molecule has 2 amide bonds. The summed E-state index contributed by atoms with van der Waals surface area (Å²) in [5.41, 5.74) is 3.00. The first-order chi connectivity index (χ1) is 15.4. The van der Waals surface area contributed by atoms with Gasteiger partial charge in [-0.05, 0) is 62.3 Å². The number of aryl methyl sites for hydroxylation is 2. The summed E-state index contributed by atoms with van der Waals surface area (Å²) in [5, 5.41) is 0.